The van der Waals surface area contributed by atoms with E-state index in [1.165, 1.54) is 17.8 Å². The van der Waals surface area contributed by atoms with Gasteiger partial charge in [0.1, 0.15) is 54.1 Å². The first-order chi connectivity index (χ1) is 13.7. The first kappa shape index (κ1) is 20.3. The van der Waals surface area contributed by atoms with Crippen LogP contribution in [-0.2, 0) is 15.2 Å². The Hall–Kier alpha value is -1.97. The third-order valence-electron chi connectivity index (χ3n) is 5.81. The molecule has 0 amide bonds. The fourth-order valence-electron chi connectivity index (χ4n) is 4.24. The molecule has 4 rings (SSSR count). The number of aromatic nitrogens is 4. The van der Waals surface area contributed by atoms with Crippen LogP contribution in [-0.4, -0.2) is 106 Å². The van der Waals surface area contributed by atoms with Crippen molar-refractivity contribution in [1.29, 1.82) is 0 Å². The molecular formula is C16H23N5O8. The number of nitrogens with zero attached hydrogens (tertiary/aromatic N) is 4. The number of aliphatic hydroxyl groups excluding tert-OH is 5. The minimum atomic E-state index is -2.16. The second-order valence-corrected chi connectivity index (χ2v) is 7.43. The van der Waals surface area contributed by atoms with Crippen molar-refractivity contribution < 1.29 is 40.1 Å². The molecule has 13 heteroatoms. The molecule has 2 aliphatic rings. The van der Waals surface area contributed by atoms with Gasteiger partial charge in [0.2, 0.25) is 5.72 Å². The zero-order valence-corrected chi connectivity index (χ0v) is 15.4. The van der Waals surface area contributed by atoms with E-state index in [9.17, 15) is 30.6 Å². The van der Waals surface area contributed by atoms with Crippen molar-refractivity contribution >= 4 is 17.0 Å². The first-order valence-corrected chi connectivity index (χ1v) is 8.96. The highest BCUT2D eigenvalue weighted by Gasteiger charge is 2.71. The molecule has 1 unspecified atom stereocenters. The number of anilines is 1. The summed E-state index contributed by atoms with van der Waals surface area (Å²) in [5.41, 5.74) is 1.84. The number of hydrogen-bond donors (Lipinski definition) is 7. The van der Waals surface area contributed by atoms with Gasteiger partial charge in [-0.15, -0.1) is 0 Å². The van der Waals surface area contributed by atoms with Gasteiger partial charge >= 0.3 is 0 Å². The Morgan fingerprint density at radius 2 is 1.79 bits per heavy atom. The van der Waals surface area contributed by atoms with Crippen LogP contribution >= 0.6 is 0 Å². The molecule has 0 bridgehead atoms. The second-order valence-electron chi connectivity index (χ2n) is 7.43. The normalized spacial score (nSPS) is 42.7. The van der Waals surface area contributed by atoms with Crippen LogP contribution in [0.3, 0.4) is 0 Å². The van der Waals surface area contributed by atoms with E-state index in [1.54, 1.807) is 0 Å². The maximum Gasteiger partial charge on any atom is 0.208 e. The van der Waals surface area contributed by atoms with Crippen LogP contribution < -0.4 is 5.73 Å². The van der Waals surface area contributed by atoms with Gasteiger partial charge in [0.15, 0.2) is 11.5 Å². The minimum absolute atomic E-state index is 0.0435. The zero-order valence-electron chi connectivity index (χ0n) is 15.4. The molecule has 0 saturated carbocycles. The molecule has 160 valence electrons. The summed E-state index contributed by atoms with van der Waals surface area (Å²) in [6, 6.07) is 0. The highest BCUT2D eigenvalue weighted by Crippen LogP contribution is 2.51. The van der Waals surface area contributed by atoms with Gasteiger partial charge in [0, 0.05) is 0 Å². The largest absolute Gasteiger partial charge is 0.394 e. The molecule has 13 nitrogen and oxygen atoms in total. The van der Waals surface area contributed by atoms with Crippen molar-refractivity contribution in [2.45, 2.75) is 54.9 Å². The van der Waals surface area contributed by atoms with E-state index in [2.05, 4.69) is 15.0 Å². The van der Waals surface area contributed by atoms with Gasteiger partial charge in [-0.1, -0.05) is 0 Å². The summed E-state index contributed by atoms with van der Waals surface area (Å²) in [5.74, 6) is 0.0435. The summed E-state index contributed by atoms with van der Waals surface area (Å²) >= 11 is 0. The topological polar surface area (TPSA) is 209 Å². The van der Waals surface area contributed by atoms with Gasteiger partial charge in [-0.25, -0.2) is 15.0 Å². The molecule has 0 radical (unpaired) electrons. The number of rotatable bonds is 4. The van der Waals surface area contributed by atoms with Crippen molar-refractivity contribution in [2.75, 3.05) is 18.9 Å². The van der Waals surface area contributed by atoms with Crippen molar-refractivity contribution in [3.05, 3.63) is 12.7 Å². The fraction of sp³-hybridized carbons (Fsp3) is 0.688. The minimum Gasteiger partial charge on any atom is -0.394 e. The monoisotopic (exact) mass is 413 g/mol. The quantitative estimate of drug-likeness (QED) is 0.256. The van der Waals surface area contributed by atoms with Gasteiger partial charge in [-0.2, -0.15) is 0 Å². The lowest BCUT2D eigenvalue weighted by Crippen LogP contribution is -2.64. The highest BCUT2D eigenvalue weighted by atomic mass is 16.6. The number of hydrogen-bond acceptors (Lipinski definition) is 12. The molecule has 0 spiro atoms. The van der Waals surface area contributed by atoms with Crippen molar-refractivity contribution in [1.82, 2.24) is 19.5 Å². The molecule has 2 saturated heterocycles. The van der Waals surface area contributed by atoms with E-state index in [0.29, 0.717) is 0 Å². The van der Waals surface area contributed by atoms with Gasteiger partial charge in [0.25, 0.3) is 0 Å². The third kappa shape index (κ3) is 2.53. The summed E-state index contributed by atoms with van der Waals surface area (Å²) in [6.45, 7) is -0.0330. The van der Waals surface area contributed by atoms with Crippen LogP contribution in [0.2, 0.25) is 0 Å². The molecule has 8 N–H and O–H groups in total. The lowest BCUT2D eigenvalue weighted by atomic mass is 9.81. The van der Waals surface area contributed by atoms with E-state index in [4.69, 9.17) is 15.2 Å². The van der Waals surface area contributed by atoms with E-state index in [0.717, 1.165) is 6.33 Å². The number of ether oxygens (including phenoxy) is 2. The van der Waals surface area contributed by atoms with Crippen LogP contribution in [0.25, 0.3) is 11.2 Å². The predicted octanol–water partition coefficient (Wildman–Crippen LogP) is -3.95. The average Bonchev–Trinajstić information content (AvgIpc) is 3.31. The second kappa shape index (κ2) is 6.78. The highest BCUT2D eigenvalue weighted by molar-refractivity contribution is 5.81. The van der Waals surface area contributed by atoms with Crippen LogP contribution in [0.4, 0.5) is 5.82 Å². The molecule has 2 aromatic rings. The van der Waals surface area contributed by atoms with E-state index in [1.807, 2.05) is 0 Å². The lowest BCUT2D eigenvalue weighted by molar-refractivity contribution is -0.259. The Bertz CT molecular complexity index is 909. The van der Waals surface area contributed by atoms with Crippen molar-refractivity contribution in [3.63, 3.8) is 0 Å². The summed E-state index contributed by atoms with van der Waals surface area (Å²) in [7, 11) is 0. The number of fused-ring (bicyclic) bond motifs is 1. The summed E-state index contributed by atoms with van der Waals surface area (Å²) in [5, 5.41) is 62.1. The Balaban J connectivity index is 1.97. The number of imidazole rings is 1. The van der Waals surface area contributed by atoms with Crippen LogP contribution in [0, 0.1) is 0 Å². The Morgan fingerprint density at radius 3 is 2.38 bits per heavy atom. The Kier molecular flexibility index (Phi) is 4.75. The van der Waals surface area contributed by atoms with E-state index >= 15 is 0 Å². The lowest BCUT2D eigenvalue weighted by Gasteiger charge is -2.44. The maximum atomic E-state index is 11.4. The molecule has 8 atom stereocenters. The van der Waals surface area contributed by atoms with Crippen molar-refractivity contribution in [2.24, 2.45) is 0 Å². The van der Waals surface area contributed by atoms with Crippen LogP contribution in [0.15, 0.2) is 12.7 Å². The first-order valence-electron chi connectivity index (χ1n) is 8.96. The Morgan fingerprint density at radius 1 is 1.10 bits per heavy atom. The van der Waals surface area contributed by atoms with Crippen LogP contribution in [0.5, 0.6) is 0 Å². The molecule has 4 heterocycles. The molecule has 2 fully saturated rings. The van der Waals surface area contributed by atoms with Crippen LogP contribution in [0.1, 0.15) is 6.92 Å². The number of aliphatic hydroxyl groups is 6. The van der Waals surface area contributed by atoms with Gasteiger partial charge < -0.3 is 45.8 Å². The molecule has 2 aliphatic heterocycles. The smallest absolute Gasteiger partial charge is 0.208 e. The third-order valence-corrected chi connectivity index (χ3v) is 5.81. The molecule has 29 heavy (non-hydrogen) atoms. The number of nitrogens with two attached hydrogens (primary N) is 1. The molecular weight excluding hydrogens is 390 g/mol. The predicted molar refractivity (Wildman–Crippen MR) is 94.1 cm³/mol. The molecule has 0 aromatic carbocycles. The zero-order chi connectivity index (χ0) is 21.1. The SMILES string of the molecule is C[C@@]1(O)[C@H](O)[C@@H](CO)O[C@@]1(C1O[C@H](CO)[C@@H](O)[C@H]1O)n1cnc2c(N)ncnc21. The van der Waals surface area contributed by atoms with E-state index in [-0.39, 0.29) is 17.0 Å². The summed E-state index contributed by atoms with van der Waals surface area (Å²) in [6.07, 6.45) is -6.28. The summed E-state index contributed by atoms with van der Waals surface area (Å²) in [4.78, 5) is 12.1. The average molecular weight is 413 g/mol. The van der Waals surface area contributed by atoms with E-state index < -0.39 is 61.2 Å². The van der Waals surface area contributed by atoms with Gasteiger partial charge in [-0.3, -0.25) is 4.57 Å². The number of nitrogen functional groups attached to an aromatic ring is 1. The fourth-order valence-corrected chi connectivity index (χ4v) is 4.24. The Labute approximate surface area is 164 Å². The van der Waals surface area contributed by atoms with Crippen molar-refractivity contribution in [3.8, 4) is 0 Å². The maximum absolute atomic E-state index is 11.4. The summed E-state index contributed by atoms with van der Waals surface area (Å²) < 4.78 is 12.8. The molecule has 0 aliphatic carbocycles. The standard InChI is InChI=1S/C16H23N5O8/c1-15(27)11(26)7(3-23)29-16(15,12-10(25)9(24)6(2-22)28-12)21-5-20-8-13(17)18-4-19-14(8)21/h4-7,9-12,22-27H,2-3H2,1H3,(H2,17,18,19)/t6-,7-,9-,10-,11-,12?,15-,16-/m1/s1. The van der Waals surface area contributed by atoms with Gasteiger partial charge in [0.05, 0.1) is 19.5 Å². The van der Waals surface area contributed by atoms with Gasteiger partial charge in [-0.05, 0) is 6.92 Å². The molecule has 2 aromatic heterocycles.